The second-order valence-corrected chi connectivity index (χ2v) is 8.62. The number of carbonyl (C=O) groups is 1. The summed E-state index contributed by atoms with van der Waals surface area (Å²) in [6.07, 6.45) is 1.24. The van der Waals surface area contributed by atoms with Crippen LogP contribution in [-0.4, -0.2) is 42.2 Å². The van der Waals surface area contributed by atoms with Crippen LogP contribution in [0.1, 0.15) is 42.6 Å². The van der Waals surface area contributed by atoms with Gasteiger partial charge in [-0.2, -0.15) is 0 Å². The zero-order valence-electron chi connectivity index (χ0n) is 20.0. The number of ether oxygens (including phenoxy) is 2. The zero-order chi connectivity index (χ0) is 24.5. The fourth-order valence-electron chi connectivity index (χ4n) is 4.21. The van der Waals surface area contributed by atoms with E-state index in [2.05, 4.69) is 5.32 Å². The lowest BCUT2D eigenvalue weighted by molar-refractivity contribution is -0.128. The lowest BCUT2D eigenvalue weighted by Gasteiger charge is -2.30. The van der Waals surface area contributed by atoms with Gasteiger partial charge in [-0.25, -0.2) is 4.99 Å². The average Bonchev–Trinajstić information content (AvgIpc) is 3.29. The molecule has 0 fully saturated rings. The second kappa shape index (κ2) is 11.7. The number of hydrogen-bond acceptors (Lipinski definition) is 5. The predicted octanol–water partition coefficient (Wildman–Crippen LogP) is 4.47. The topological polar surface area (TPSA) is 80.2 Å². The molecule has 0 aliphatic carbocycles. The highest BCUT2D eigenvalue weighted by molar-refractivity contribution is 6.01. The first-order chi connectivity index (χ1) is 17.2. The monoisotopic (exact) mass is 472 g/mol. The van der Waals surface area contributed by atoms with Crippen molar-refractivity contribution in [2.45, 2.75) is 37.8 Å². The van der Waals surface area contributed by atoms with Gasteiger partial charge in [-0.3, -0.25) is 4.79 Å². The first-order valence-electron chi connectivity index (χ1n) is 12.1. The highest BCUT2D eigenvalue weighted by Crippen LogP contribution is 2.42. The summed E-state index contributed by atoms with van der Waals surface area (Å²) in [5.74, 6) is 0.996. The van der Waals surface area contributed by atoms with E-state index in [1.54, 1.807) is 0 Å². The van der Waals surface area contributed by atoms with Gasteiger partial charge in [0.05, 0.1) is 6.61 Å². The van der Waals surface area contributed by atoms with Crippen LogP contribution in [-0.2, 0) is 16.0 Å². The van der Waals surface area contributed by atoms with E-state index < -0.39 is 11.6 Å². The molecule has 1 amide bonds. The molecule has 182 valence electrons. The van der Waals surface area contributed by atoms with Crippen LogP contribution in [0.4, 0.5) is 0 Å². The van der Waals surface area contributed by atoms with Gasteiger partial charge in [0.15, 0.2) is 11.6 Å². The normalized spacial score (nSPS) is 19.0. The Hall–Kier alpha value is -3.64. The summed E-state index contributed by atoms with van der Waals surface area (Å²) in [6.45, 7) is 3.14. The minimum Gasteiger partial charge on any atom is -0.494 e. The van der Waals surface area contributed by atoms with Crippen LogP contribution >= 0.6 is 0 Å². The molecule has 0 unspecified atom stereocenters. The Bertz CT molecular complexity index is 1120. The summed E-state index contributed by atoms with van der Waals surface area (Å²) < 4.78 is 12.1. The van der Waals surface area contributed by atoms with Crippen molar-refractivity contribution in [3.63, 3.8) is 0 Å². The fraction of sp³-hybridized carbons (Fsp3) is 0.310. The molecule has 0 saturated heterocycles. The van der Waals surface area contributed by atoms with Crippen LogP contribution in [0.3, 0.4) is 0 Å². The summed E-state index contributed by atoms with van der Waals surface area (Å²) in [5.41, 5.74) is 1.54. The highest BCUT2D eigenvalue weighted by atomic mass is 16.5. The molecule has 0 spiro atoms. The number of aliphatic hydroxyl groups is 1. The van der Waals surface area contributed by atoms with E-state index in [4.69, 9.17) is 19.6 Å². The van der Waals surface area contributed by atoms with Crippen LogP contribution in [0.25, 0.3) is 0 Å². The smallest absolute Gasteiger partial charge is 0.252 e. The minimum atomic E-state index is -1.15. The molecule has 35 heavy (non-hydrogen) atoms. The molecule has 4 rings (SSSR count). The van der Waals surface area contributed by atoms with Crippen molar-refractivity contribution >= 4 is 11.8 Å². The van der Waals surface area contributed by atoms with E-state index in [1.165, 1.54) is 0 Å². The van der Waals surface area contributed by atoms with Gasteiger partial charge in [0.1, 0.15) is 5.75 Å². The number of hydrogen-bond donors (Lipinski definition) is 2. The van der Waals surface area contributed by atoms with Gasteiger partial charge in [0.2, 0.25) is 5.90 Å². The van der Waals surface area contributed by atoms with Crippen molar-refractivity contribution in [2.75, 3.05) is 19.8 Å². The maximum Gasteiger partial charge on any atom is 0.252 e. The number of nitrogens with zero attached hydrogens (tertiary/aromatic N) is 1. The third-order valence-corrected chi connectivity index (χ3v) is 5.98. The molecule has 1 aliphatic heterocycles. The summed E-state index contributed by atoms with van der Waals surface area (Å²) in [7, 11) is 0. The standard InChI is InChI=1S/C29H32N2O4/c1-2-18-30-28(33)29(21-22-10-5-3-6-11-22)26(23-12-7-4-8-13-23)35-27(31-29)24-14-16-25(17-15-24)34-20-9-19-32/h3-8,10-17,26,32H,2,9,18-21H2,1H3,(H,30,33)/t26-,29-/m1/s1. The Labute approximate surface area is 206 Å². The third-order valence-electron chi connectivity index (χ3n) is 5.98. The number of aliphatic hydroxyl groups excluding tert-OH is 1. The van der Waals surface area contributed by atoms with Gasteiger partial charge < -0.3 is 19.9 Å². The minimum absolute atomic E-state index is 0.0905. The molecule has 6 nitrogen and oxygen atoms in total. The first kappa shape index (κ1) is 24.5. The molecule has 3 aromatic rings. The highest BCUT2D eigenvalue weighted by Gasteiger charge is 2.53. The Kier molecular flexibility index (Phi) is 8.16. The van der Waals surface area contributed by atoms with Gasteiger partial charge in [-0.15, -0.1) is 0 Å². The molecule has 1 aliphatic rings. The molecule has 2 N–H and O–H groups in total. The van der Waals surface area contributed by atoms with Crippen LogP contribution in [0.15, 0.2) is 89.9 Å². The Morgan fingerprint density at radius 1 is 1.03 bits per heavy atom. The molecule has 0 aromatic heterocycles. The molecular formula is C29H32N2O4. The summed E-state index contributed by atoms with van der Waals surface area (Å²) in [5, 5.41) is 12.0. The molecule has 0 bridgehead atoms. The summed E-state index contributed by atoms with van der Waals surface area (Å²) >= 11 is 0. The maximum atomic E-state index is 13.8. The van der Waals surface area contributed by atoms with Gasteiger partial charge in [-0.1, -0.05) is 67.6 Å². The molecule has 0 saturated carbocycles. The van der Waals surface area contributed by atoms with Crippen molar-refractivity contribution in [3.05, 3.63) is 102 Å². The molecular weight excluding hydrogens is 440 g/mol. The van der Waals surface area contributed by atoms with E-state index in [0.29, 0.717) is 37.6 Å². The molecule has 1 heterocycles. The number of amides is 1. The van der Waals surface area contributed by atoms with E-state index in [1.807, 2.05) is 91.9 Å². The quantitative estimate of drug-likeness (QED) is 0.404. The number of rotatable bonds is 11. The molecule has 3 aromatic carbocycles. The predicted molar refractivity (Wildman–Crippen MR) is 137 cm³/mol. The molecule has 0 radical (unpaired) electrons. The molecule has 2 atom stereocenters. The lowest BCUT2D eigenvalue weighted by atomic mass is 9.82. The van der Waals surface area contributed by atoms with E-state index in [9.17, 15) is 4.79 Å². The van der Waals surface area contributed by atoms with Crippen molar-refractivity contribution < 1.29 is 19.4 Å². The number of carbonyl (C=O) groups excluding carboxylic acids is 1. The van der Waals surface area contributed by atoms with E-state index >= 15 is 0 Å². The fourth-order valence-corrected chi connectivity index (χ4v) is 4.21. The molecule has 6 heteroatoms. The van der Waals surface area contributed by atoms with Gasteiger partial charge in [0.25, 0.3) is 5.91 Å². The van der Waals surface area contributed by atoms with Crippen molar-refractivity contribution in [2.24, 2.45) is 4.99 Å². The largest absolute Gasteiger partial charge is 0.494 e. The number of aliphatic imine (C=N–C) groups is 1. The number of nitrogens with one attached hydrogen (secondary N) is 1. The van der Waals surface area contributed by atoms with Crippen molar-refractivity contribution in [1.29, 1.82) is 0 Å². The first-order valence-corrected chi connectivity index (χ1v) is 12.1. The second-order valence-electron chi connectivity index (χ2n) is 8.62. The summed E-state index contributed by atoms with van der Waals surface area (Å²) in [4.78, 5) is 18.8. The van der Waals surface area contributed by atoms with Crippen LogP contribution in [0.5, 0.6) is 5.75 Å². The summed E-state index contributed by atoms with van der Waals surface area (Å²) in [6, 6.07) is 27.2. The van der Waals surface area contributed by atoms with Crippen LogP contribution in [0, 0.1) is 0 Å². The Balaban J connectivity index is 1.73. The number of benzene rings is 3. The van der Waals surface area contributed by atoms with Crippen molar-refractivity contribution in [1.82, 2.24) is 5.32 Å². The van der Waals surface area contributed by atoms with Crippen molar-refractivity contribution in [3.8, 4) is 5.75 Å². The van der Waals surface area contributed by atoms with Crippen LogP contribution < -0.4 is 10.1 Å². The SMILES string of the molecule is CCCNC(=O)[C@]1(Cc2ccccc2)N=C(c2ccc(OCCCO)cc2)O[C@@H]1c1ccccc1. The third kappa shape index (κ3) is 5.72. The Morgan fingerprint density at radius 2 is 1.71 bits per heavy atom. The van der Waals surface area contributed by atoms with Gasteiger partial charge in [0, 0.05) is 31.6 Å². The average molecular weight is 473 g/mol. The van der Waals surface area contributed by atoms with E-state index in [0.717, 1.165) is 23.1 Å². The lowest BCUT2D eigenvalue weighted by Crippen LogP contribution is -2.50. The van der Waals surface area contributed by atoms with Crippen LogP contribution in [0.2, 0.25) is 0 Å². The van der Waals surface area contributed by atoms with E-state index in [-0.39, 0.29) is 12.5 Å². The van der Waals surface area contributed by atoms with Gasteiger partial charge >= 0.3 is 0 Å². The van der Waals surface area contributed by atoms with Gasteiger partial charge in [-0.05, 0) is 41.8 Å². The maximum absolute atomic E-state index is 13.8. The Morgan fingerprint density at radius 3 is 2.37 bits per heavy atom. The zero-order valence-corrected chi connectivity index (χ0v) is 20.0.